The Morgan fingerprint density at radius 3 is 2.65 bits per heavy atom. The number of carbonyl (C=O) groups excluding carboxylic acids is 1. The first-order chi connectivity index (χ1) is 9.56. The second-order valence-corrected chi connectivity index (χ2v) is 5.21. The fourth-order valence-corrected chi connectivity index (χ4v) is 2.23. The first-order valence-corrected chi connectivity index (χ1v) is 6.98. The number of amides is 1. The van der Waals surface area contributed by atoms with E-state index in [1.165, 1.54) is 11.1 Å². The minimum absolute atomic E-state index is 0.0485. The third-order valence-electron chi connectivity index (χ3n) is 3.62. The molecule has 108 valence electrons. The van der Waals surface area contributed by atoms with Crippen molar-refractivity contribution in [2.45, 2.75) is 26.7 Å². The summed E-state index contributed by atoms with van der Waals surface area (Å²) >= 11 is 0. The largest absolute Gasteiger partial charge is 0.370 e. The molecule has 1 amide bonds. The Labute approximate surface area is 119 Å². The number of aryl methyl sites for hydroxylation is 2. The van der Waals surface area contributed by atoms with Gasteiger partial charge in [0.2, 0.25) is 5.91 Å². The molecular formula is C15H22N4O. The third kappa shape index (κ3) is 3.73. The molecule has 0 spiro atoms. The average Bonchev–Trinajstić information content (AvgIpc) is 2.94. The van der Waals surface area contributed by atoms with E-state index in [9.17, 15) is 4.79 Å². The van der Waals surface area contributed by atoms with Crippen LogP contribution in [0.4, 0.5) is 5.69 Å². The van der Waals surface area contributed by atoms with Crippen LogP contribution in [-0.2, 0) is 4.79 Å². The molecule has 1 saturated heterocycles. The highest BCUT2D eigenvalue weighted by Gasteiger charge is 2.16. The molecule has 1 heterocycles. The van der Waals surface area contributed by atoms with Gasteiger partial charge in [-0.2, -0.15) is 0 Å². The van der Waals surface area contributed by atoms with Gasteiger partial charge < -0.3 is 16.0 Å². The highest BCUT2D eigenvalue weighted by Crippen LogP contribution is 2.13. The van der Waals surface area contributed by atoms with Gasteiger partial charge in [0.25, 0.3) is 0 Å². The van der Waals surface area contributed by atoms with Crippen molar-refractivity contribution >= 4 is 17.6 Å². The molecule has 5 heteroatoms. The number of nitrogens with one attached hydrogen (secondary N) is 1. The molecule has 0 saturated carbocycles. The third-order valence-corrected chi connectivity index (χ3v) is 3.62. The molecule has 3 N–H and O–H groups in total. The first kappa shape index (κ1) is 14.4. The second-order valence-electron chi connectivity index (χ2n) is 5.21. The van der Waals surface area contributed by atoms with Crippen molar-refractivity contribution in [1.29, 1.82) is 0 Å². The minimum Gasteiger partial charge on any atom is -0.370 e. The smallest absolute Gasteiger partial charge is 0.244 e. The zero-order chi connectivity index (χ0) is 14.5. The standard InChI is InChI=1S/C15H22N4O/c1-11-5-6-13(9-12(11)2)18-15(16)17-10-14(20)19-7-3-4-8-19/h5-6,9H,3-4,7-8,10H2,1-2H3,(H3,16,17,18). The predicted octanol–water partition coefficient (Wildman–Crippen LogP) is 1.65. The number of aliphatic imine (C=N–C) groups is 1. The molecule has 1 aliphatic rings. The molecule has 0 radical (unpaired) electrons. The zero-order valence-corrected chi connectivity index (χ0v) is 12.1. The molecule has 0 aromatic heterocycles. The van der Waals surface area contributed by atoms with Crippen molar-refractivity contribution in [1.82, 2.24) is 4.90 Å². The van der Waals surface area contributed by atoms with Crippen LogP contribution < -0.4 is 11.1 Å². The molecule has 1 fully saturated rings. The van der Waals surface area contributed by atoms with Gasteiger partial charge in [0, 0.05) is 18.8 Å². The van der Waals surface area contributed by atoms with Gasteiger partial charge in [0.05, 0.1) is 0 Å². The van der Waals surface area contributed by atoms with E-state index in [1.807, 2.05) is 30.0 Å². The van der Waals surface area contributed by atoms with Crippen molar-refractivity contribution in [3.8, 4) is 0 Å². The van der Waals surface area contributed by atoms with Crippen LogP contribution in [-0.4, -0.2) is 36.4 Å². The van der Waals surface area contributed by atoms with Crippen LogP contribution in [0.2, 0.25) is 0 Å². The van der Waals surface area contributed by atoms with E-state index in [-0.39, 0.29) is 18.4 Å². The molecule has 5 nitrogen and oxygen atoms in total. The quantitative estimate of drug-likeness (QED) is 0.650. The van der Waals surface area contributed by atoms with Crippen LogP contribution in [0.15, 0.2) is 23.2 Å². The SMILES string of the molecule is Cc1ccc(NC(N)=NCC(=O)N2CCCC2)cc1C. The molecule has 1 aromatic rings. The fraction of sp³-hybridized carbons (Fsp3) is 0.467. The maximum Gasteiger partial charge on any atom is 0.244 e. The summed E-state index contributed by atoms with van der Waals surface area (Å²) in [6.07, 6.45) is 2.18. The summed E-state index contributed by atoms with van der Waals surface area (Å²) in [5, 5.41) is 3.01. The fourth-order valence-electron chi connectivity index (χ4n) is 2.23. The first-order valence-electron chi connectivity index (χ1n) is 6.98. The normalized spacial score (nSPS) is 15.5. The van der Waals surface area contributed by atoms with Crippen LogP contribution in [0, 0.1) is 13.8 Å². The van der Waals surface area contributed by atoms with Crippen molar-refractivity contribution in [3.05, 3.63) is 29.3 Å². The molecule has 20 heavy (non-hydrogen) atoms. The van der Waals surface area contributed by atoms with E-state index in [2.05, 4.69) is 17.2 Å². The minimum atomic E-state index is 0.0485. The highest BCUT2D eigenvalue weighted by atomic mass is 16.2. The average molecular weight is 274 g/mol. The van der Waals surface area contributed by atoms with Gasteiger partial charge >= 0.3 is 0 Å². The summed E-state index contributed by atoms with van der Waals surface area (Å²) in [4.78, 5) is 17.8. The number of hydrogen-bond donors (Lipinski definition) is 2. The van der Waals surface area contributed by atoms with Crippen molar-refractivity contribution in [2.75, 3.05) is 25.0 Å². The molecule has 0 unspecified atom stereocenters. The number of nitrogens with zero attached hydrogens (tertiary/aromatic N) is 2. The molecule has 2 rings (SSSR count). The monoisotopic (exact) mass is 274 g/mol. The van der Waals surface area contributed by atoms with Crippen LogP contribution in [0.3, 0.4) is 0 Å². The van der Waals surface area contributed by atoms with Crippen molar-refractivity contribution < 1.29 is 4.79 Å². The second kappa shape index (κ2) is 6.41. The number of guanidine groups is 1. The van der Waals surface area contributed by atoms with E-state index >= 15 is 0 Å². The Bertz CT molecular complexity index is 519. The highest BCUT2D eigenvalue weighted by molar-refractivity contribution is 5.94. The summed E-state index contributed by atoms with van der Waals surface area (Å²) < 4.78 is 0. The number of anilines is 1. The van der Waals surface area contributed by atoms with Gasteiger partial charge in [-0.3, -0.25) is 4.79 Å². The maximum absolute atomic E-state index is 11.8. The molecule has 0 bridgehead atoms. The number of carbonyl (C=O) groups is 1. The van der Waals surface area contributed by atoms with E-state index in [0.29, 0.717) is 0 Å². The number of hydrogen-bond acceptors (Lipinski definition) is 2. The number of nitrogens with two attached hydrogens (primary N) is 1. The van der Waals surface area contributed by atoms with E-state index in [0.717, 1.165) is 31.6 Å². The molecule has 1 aliphatic heterocycles. The van der Waals surface area contributed by atoms with Gasteiger partial charge in [-0.15, -0.1) is 0 Å². The van der Waals surface area contributed by atoms with Gasteiger partial charge in [0.15, 0.2) is 5.96 Å². The maximum atomic E-state index is 11.8. The van der Waals surface area contributed by atoms with Gasteiger partial charge in [0.1, 0.15) is 6.54 Å². The Kier molecular flexibility index (Phi) is 4.61. The lowest BCUT2D eigenvalue weighted by molar-refractivity contribution is -0.128. The predicted molar refractivity (Wildman–Crippen MR) is 81.8 cm³/mol. The van der Waals surface area contributed by atoms with Gasteiger partial charge in [-0.1, -0.05) is 6.07 Å². The Morgan fingerprint density at radius 2 is 2.00 bits per heavy atom. The summed E-state index contributed by atoms with van der Waals surface area (Å²) in [5.74, 6) is 0.327. The van der Waals surface area contributed by atoms with E-state index in [1.54, 1.807) is 0 Å². The van der Waals surface area contributed by atoms with E-state index in [4.69, 9.17) is 5.73 Å². The lowest BCUT2D eigenvalue weighted by atomic mass is 10.1. The van der Waals surface area contributed by atoms with Crippen molar-refractivity contribution in [3.63, 3.8) is 0 Å². The lowest BCUT2D eigenvalue weighted by Crippen LogP contribution is -2.31. The topological polar surface area (TPSA) is 70.7 Å². The van der Waals surface area contributed by atoms with E-state index < -0.39 is 0 Å². The van der Waals surface area contributed by atoms with Crippen molar-refractivity contribution in [2.24, 2.45) is 10.7 Å². The Morgan fingerprint density at radius 1 is 1.30 bits per heavy atom. The Hall–Kier alpha value is -2.04. The summed E-state index contributed by atoms with van der Waals surface area (Å²) in [6, 6.07) is 5.99. The number of likely N-dealkylation sites (tertiary alicyclic amines) is 1. The lowest BCUT2D eigenvalue weighted by Gasteiger charge is -2.13. The van der Waals surface area contributed by atoms with Gasteiger partial charge in [-0.05, 0) is 49.9 Å². The van der Waals surface area contributed by atoms with Crippen LogP contribution >= 0.6 is 0 Å². The molecule has 0 aliphatic carbocycles. The van der Waals surface area contributed by atoms with Crippen LogP contribution in [0.25, 0.3) is 0 Å². The summed E-state index contributed by atoms with van der Waals surface area (Å²) in [5.41, 5.74) is 9.12. The van der Waals surface area contributed by atoms with Gasteiger partial charge in [-0.25, -0.2) is 4.99 Å². The van der Waals surface area contributed by atoms with Crippen LogP contribution in [0.1, 0.15) is 24.0 Å². The summed E-state index contributed by atoms with van der Waals surface area (Å²) in [7, 11) is 0. The molecule has 0 atom stereocenters. The molecular weight excluding hydrogens is 252 g/mol. The zero-order valence-electron chi connectivity index (χ0n) is 12.1. The molecule has 1 aromatic carbocycles. The van der Waals surface area contributed by atoms with Crippen LogP contribution in [0.5, 0.6) is 0 Å². The Balaban J connectivity index is 1.89. The number of benzene rings is 1. The summed E-state index contributed by atoms with van der Waals surface area (Å²) in [6.45, 7) is 5.91. The number of rotatable bonds is 3.